The first-order valence-electron chi connectivity index (χ1n) is 5.73. The molecule has 0 aliphatic carbocycles. The van der Waals surface area contributed by atoms with Crippen molar-refractivity contribution in [3.05, 3.63) is 41.7 Å². The van der Waals surface area contributed by atoms with Crippen molar-refractivity contribution >= 4 is 18.7 Å². The van der Waals surface area contributed by atoms with E-state index in [0.717, 1.165) is 5.56 Å². The number of aliphatic hydroxyl groups excluding tert-OH is 3. The molecule has 98 valence electrons. The molecule has 4 nitrogen and oxygen atoms in total. The van der Waals surface area contributed by atoms with Gasteiger partial charge in [-0.05, 0) is 11.6 Å². The van der Waals surface area contributed by atoms with E-state index in [9.17, 15) is 15.3 Å². The highest BCUT2D eigenvalue weighted by Gasteiger charge is 2.37. The molecule has 1 aromatic carbocycles. The number of benzene rings is 1. The first-order chi connectivity index (χ1) is 8.58. The van der Waals surface area contributed by atoms with Crippen molar-refractivity contribution < 1.29 is 20.1 Å². The van der Waals surface area contributed by atoms with Crippen LogP contribution in [0.2, 0.25) is 0 Å². The van der Waals surface area contributed by atoms with Crippen LogP contribution in [0, 0.1) is 0 Å². The first-order valence-corrected chi connectivity index (χ1v) is 6.25. The van der Waals surface area contributed by atoms with Crippen molar-refractivity contribution in [3.63, 3.8) is 0 Å². The Bertz CT molecular complexity index is 420. The molecule has 1 saturated heterocycles. The SMILES string of the molecule is OC(=Cc1ccccc1)[C@H]1O[C@@H](S)C[C@@H](O)[C@@H]1O. The molecule has 0 spiro atoms. The quantitative estimate of drug-likeness (QED) is 0.483. The largest absolute Gasteiger partial charge is 0.509 e. The minimum atomic E-state index is -1.15. The molecule has 0 radical (unpaired) electrons. The molecule has 5 heteroatoms. The van der Waals surface area contributed by atoms with Crippen LogP contribution in [0.25, 0.3) is 6.08 Å². The van der Waals surface area contributed by atoms with Gasteiger partial charge in [0.05, 0.1) is 6.10 Å². The lowest BCUT2D eigenvalue weighted by atomic mass is 10.00. The minimum absolute atomic E-state index is 0.119. The summed E-state index contributed by atoms with van der Waals surface area (Å²) in [5.74, 6) is -0.119. The summed E-state index contributed by atoms with van der Waals surface area (Å²) in [6.45, 7) is 0. The summed E-state index contributed by atoms with van der Waals surface area (Å²) in [7, 11) is 0. The smallest absolute Gasteiger partial charge is 0.144 e. The third-order valence-corrected chi connectivity index (χ3v) is 3.19. The molecular weight excluding hydrogens is 252 g/mol. The molecule has 1 heterocycles. The normalized spacial score (nSPS) is 33.4. The van der Waals surface area contributed by atoms with Gasteiger partial charge in [0.2, 0.25) is 0 Å². The van der Waals surface area contributed by atoms with Crippen molar-refractivity contribution in [3.8, 4) is 0 Å². The second-order valence-electron chi connectivity index (χ2n) is 4.28. The zero-order valence-electron chi connectivity index (χ0n) is 9.68. The Kier molecular flexibility index (Phi) is 4.29. The van der Waals surface area contributed by atoms with Gasteiger partial charge in [-0.3, -0.25) is 0 Å². The highest BCUT2D eigenvalue weighted by molar-refractivity contribution is 7.80. The number of hydrogen-bond acceptors (Lipinski definition) is 5. The fourth-order valence-corrected chi connectivity index (χ4v) is 2.25. The second kappa shape index (κ2) is 5.75. The molecule has 4 atom stereocenters. The van der Waals surface area contributed by atoms with Gasteiger partial charge in [-0.15, -0.1) is 12.6 Å². The fraction of sp³-hybridized carbons (Fsp3) is 0.385. The summed E-state index contributed by atoms with van der Waals surface area (Å²) in [5, 5.41) is 29.4. The van der Waals surface area contributed by atoms with E-state index in [1.165, 1.54) is 6.08 Å². The van der Waals surface area contributed by atoms with E-state index in [-0.39, 0.29) is 12.2 Å². The monoisotopic (exact) mass is 268 g/mol. The molecule has 3 N–H and O–H groups in total. The van der Waals surface area contributed by atoms with Gasteiger partial charge in [0, 0.05) is 6.42 Å². The van der Waals surface area contributed by atoms with Crippen molar-refractivity contribution in [2.45, 2.75) is 30.2 Å². The summed E-state index contributed by atoms with van der Waals surface area (Å²) < 4.78 is 5.34. The third kappa shape index (κ3) is 3.05. The molecule has 1 fully saturated rings. The average molecular weight is 268 g/mol. The van der Waals surface area contributed by atoms with Gasteiger partial charge in [-0.2, -0.15) is 0 Å². The van der Waals surface area contributed by atoms with Crippen LogP contribution in [0.5, 0.6) is 0 Å². The molecule has 18 heavy (non-hydrogen) atoms. The van der Waals surface area contributed by atoms with Crippen LogP contribution in [-0.4, -0.2) is 39.1 Å². The average Bonchev–Trinajstić information content (AvgIpc) is 2.35. The van der Waals surface area contributed by atoms with Gasteiger partial charge in [-0.1, -0.05) is 30.3 Å². The highest BCUT2D eigenvalue weighted by Crippen LogP contribution is 2.26. The number of rotatable bonds is 2. The Hall–Kier alpha value is -1.01. The summed E-state index contributed by atoms with van der Waals surface area (Å²) >= 11 is 4.11. The maximum absolute atomic E-state index is 9.96. The number of hydrogen-bond donors (Lipinski definition) is 4. The molecule has 0 bridgehead atoms. The molecule has 1 aliphatic heterocycles. The van der Waals surface area contributed by atoms with Gasteiger partial charge in [0.1, 0.15) is 23.4 Å². The molecule has 1 aromatic rings. The van der Waals surface area contributed by atoms with Gasteiger partial charge in [-0.25, -0.2) is 0 Å². The molecule has 0 aromatic heterocycles. The Morgan fingerprint density at radius 1 is 1.28 bits per heavy atom. The first kappa shape index (κ1) is 13.4. The van der Waals surface area contributed by atoms with Crippen molar-refractivity contribution in [2.24, 2.45) is 0 Å². The van der Waals surface area contributed by atoms with Gasteiger partial charge < -0.3 is 20.1 Å². The molecule has 0 amide bonds. The molecule has 0 unspecified atom stereocenters. The second-order valence-corrected chi connectivity index (χ2v) is 4.86. The molecule has 0 saturated carbocycles. The summed E-state index contributed by atoms with van der Waals surface area (Å²) in [5.41, 5.74) is 0.293. The Morgan fingerprint density at radius 2 is 1.94 bits per heavy atom. The van der Waals surface area contributed by atoms with E-state index in [2.05, 4.69) is 12.6 Å². The molecule has 2 rings (SSSR count). The summed E-state index contributed by atoms with van der Waals surface area (Å²) in [4.78, 5) is 0. The zero-order valence-corrected chi connectivity index (χ0v) is 10.6. The summed E-state index contributed by atoms with van der Waals surface area (Å²) in [6, 6.07) is 9.19. The molecular formula is C13H16O4S. The van der Waals surface area contributed by atoms with E-state index in [1.54, 1.807) is 0 Å². The lowest BCUT2D eigenvalue weighted by molar-refractivity contribution is -0.139. The van der Waals surface area contributed by atoms with E-state index in [0.29, 0.717) is 0 Å². The Labute approximate surface area is 111 Å². The van der Waals surface area contributed by atoms with E-state index in [1.807, 2.05) is 30.3 Å². The van der Waals surface area contributed by atoms with Crippen LogP contribution in [-0.2, 0) is 4.74 Å². The Morgan fingerprint density at radius 3 is 2.61 bits per heavy atom. The maximum atomic E-state index is 9.96. The van der Waals surface area contributed by atoms with E-state index in [4.69, 9.17) is 4.74 Å². The van der Waals surface area contributed by atoms with E-state index < -0.39 is 23.7 Å². The van der Waals surface area contributed by atoms with Crippen LogP contribution >= 0.6 is 12.6 Å². The van der Waals surface area contributed by atoms with Crippen LogP contribution in [0.4, 0.5) is 0 Å². The van der Waals surface area contributed by atoms with Crippen LogP contribution in [0.15, 0.2) is 36.1 Å². The minimum Gasteiger partial charge on any atom is -0.509 e. The highest BCUT2D eigenvalue weighted by atomic mass is 32.1. The molecule has 1 aliphatic rings. The number of ether oxygens (including phenoxy) is 1. The predicted octanol–water partition coefficient (Wildman–Crippen LogP) is 1.35. The summed E-state index contributed by atoms with van der Waals surface area (Å²) in [6.07, 6.45) is -1.30. The van der Waals surface area contributed by atoms with E-state index >= 15 is 0 Å². The predicted molar refractivity (Wildman–Crippen MR) is 71.3 cm³/mol. The van der Waals surface area contributed by atoms with Crippen LogP contribution < -0.4 is 0 Å². The fourth-order valence-electron chi connectivity index (χ4n) is 1.90. The lowest BCUT2D eigenvalue weighted by Gasteiger charge is -2.34. The number of aliphatic hydroxyl groups is 3. The third-order valence-electron chi connectivity index (χ3n) is 2.86. The van der Waals surface area contributed by atoms with Gasteiger partial charge >= 0.3 is 0 Å². The van der Waals surface area contributed by atoms with Crippen LogP contribution in [0.3, 0.4) is 0 Å². The topological polar surface area (TPSA) is 69.9 Å². The lowest BCUT2D eigenvalue weighted by Crippen LogP contribution is -2.47. The number of thiol groups is 1. The maximum Gasteiger partial charge on any atom is 0.144 e. The van der Waals surface area contributed by atoms with Crippen molar-refractivity contribution in [2.75, 3.05) is 0 Å². The van der Waals surface area contributed by atoms with Crippen molar-refractivity contribution in [1.82, 2.24) is 0 Å². The van der Waals surface area contributed by atoms with Crippen LogP contribution in [0.1, 0.15) is 12.0 Å². The van der Waals surface area contributed by atoms with Gasteiger partial charge in [0.15, 0.2) is 0 Å². The van der Waals surface area contributed by atoms with Gasteiger partial charge in [0.25, 0.3) is 0 Å². The Balaban J connectivity index is 2.17. The zero-order chi connectivity index (χ0) is 13.1. The standard InChI is InChI=1S/C13H16O4S/c14-9-7-11(18)17-13(12(9)16)10(15)6-8-4-2-1-3-5-8/h1-6,9,11-16,18H,7H2/t9-,11+,12+,13-/m1/s1. The van der Waals surface area contributed by atoms with Crippen molar-refractivity contribution in [1.29, 1.82) is 0 Å².